The maximum atomic E-state index is 12.2. The van der Waals surface area contributed by atoms with Crippen molar-refractivity contribution in [1.82, 2.24) is 0 Å². The minimum absolute atomic E-state index is 0.00935. The third-order valence-corrected chi connectivity index (χ3v) is 6.93. The van der Waals surface area contributed by atoms with Crippen LogP contribution in [0.3, 0.4) is 0 Å². The molecule has 0 atom stereocenters. The van der Waals surface area contributed by atoms with Crippen molar-refractivity contribution in [3.63, 3.8) is 0 Å². The van der Waals surface area contributed by atoms with Crippen LogP contribution < -0.4 is 5.32 Å². The van der Waals surface area contributed by atoms with Gasteiger partial charge in [-0.2, -0.15) is 5.26 Å². The molecule has 9 heteroatoms. The van der Waals surface area contributed by atoms with Gasteiger partial charge in [0.25, 0.3) is 0 Å². The zero-order valence-corrected chi connectivity index (χ0v) is 17.9. The van der Waals surface area contributed by atoms with Crippen molar-refractivity contribution in [2.24, 2.45) is 0 Å². The first-order valence-electron chi connectivity index (χ1n) is 9.02. The SMILES string of the molecule is CCOC(=O)c1sc(NC(=O)CCCS(=O)(=O)Cc2ccccc2)c(C#N)c1C. The quantitative estimate of drug-likeness (QED) is 0.605. The van der Waals surface area contributed by atoms with Crippen LogP contribution in [-0.4, -0.2) is 32.7 Å². The zero-order valence-electron chi connectivity index (χ0n) is 16.2. The van der Waals surface area contributed by atoms with E-state index in [2.05, 4.69) is 5.32 Å². The van der Waals surface area contributed by atoms with Gasteiger partial charge in [-0.25, -0.2) is 13.2 Å². The molecule has 0 aliphatic heterocycles. The van der Waals surface area contributed by atoms with Crippen LogP contribution in [0.25, 0.3) is 0 Å². The molecule has 1 aromatic carbocycles. The van der Waals surface area contributed by atoms with E-state index in [4.69, 9.17) is 4.74 Å². The first-order valence-corrected chi connectivity index (χ1v) is 11.7. The predicted octanol–water partition coefficient (Wildman–Crippen LogP) is 3.44. The van der Waals surface area contributed by atoms with Crippen LogP contribution in [0.2, 0.25) is 0 Å². The van der Waals surface area contributed by atoms with Gasteiger partial charge in [0, 0.05) is 6.42 Å². The maximum Gasteiger partial charge on any atom is 0.348 e. The standard InChI is InChI=1S/C20H22N2O5S2/c1-3-27-20(24)18-14(2)16(12-21)19(28-18)22-17(23)10-7-11-29(25,26)13-15-8-5-4-6-9-15/h4-6,8-9H,3,7,10-11,13H2,1-2H3,(H,22,23). The fourth-order valence-electron chi connectivity index (χ4n) is 2.67. The van der Waals surface area contributed by atoms with Crippen LogP contribution in [0.1, 0.15) is 46.1 Å². The third-order valence-electron chi connectivity index (χ3n) is 4.06. The van der Waals surface area contributed by atoms with Gasteiger partial charge in [0.2, 0.25) is 5.91 Å². The monoisotopic (exact) mass is 434 g/mol. The Morgan fingerprint density at radius 3 is 2.55 bits per heavy atom. The van der Waals surface area contributed by atoms with Gasteiger partial charge in [-0.3, -0.25) is 4.79 Å². The van der Waals surface area contributed by atoms with Crippen LogP contribution in [0.4, 0.5) is 5.00 Å². The Labute approximate surface area is 174 Å². The van der Waals surface area contributed by atoms with Gasteiger partial charge in [0.1, 0.15) is 15.9 Å². The van der Waals surface area contributed by atoms with E-state index in [0.29, 0.717) is 11.1 Å². The fraction of sp³-hybridized carbons (Fsp3) is 0.350. The first kappa shape index (κ1) is 22.6. The molecule has 0 spiro atoms. The Kier molecular flexibility index (Phi) is 7.93. The number of hydrogen-bond donors (Lipinski definition) is 1. The summed E-state index contributed by atoms with van der Waals surface area (Å²) in [5.74, 6) is -1.13. The summed E-state index contributed by atoms with van der Waals surface area (Å²) in [4.78, 5) is 24.4. The molecular weight excluding hydrogens is 412 g/mol. The predicted molar refractivity (Wildman–Crippen MR) is 112 cm³/mol. The highest BCUT2D eigenvalue weighted by Gasteiger charge is 2.22. The Balaban J connectivity index is 1.95. The van der Waals surface area contributed by atoms with Crippen molar-refractivity contribution in [1.29, 1.82) is 5.26 Å². The highest BCUT2D eigenvalue weighted by atomic mass is 32.2. The number of hydrogen-bond acceptors (Lipinski definition) is 7. The van der Waals surface area contributed by atoms with Gasteiger partial charge in [-0.05, 0) is 31.4 Å². The van der Waals surface area contributed by atoms with Crippen LogP contribution in [0.15, 0.2) is 30.3 Å². The molecule has 0 saturated heterocycles. The van der Waals surface area contributed by atoms with E-state index in [1.807, 2.05) is 12.1 Å². The van der Waals surface area contributed by atoms with Crippen molar-refractivity contribution < 1.29 is 22.7 Å². The molecule has 0 aliphatic rings. The number of rotatable bonds is 9. The summed E-state index contributed by atoms with van der Waals surface area (Å²) in [6.07, 6.45) is 0.155. The molecule has 0 aliphatic carbocycles. The lowest BCUT2D eigenvalue weighted by atomic mass is 10.1. The zero-order chi connectivity index (χ0) is 21.4. The topological polar surface area (TPSA) is 113 Å². The molecule has 0 radical (unpaired) electrons. The van der Waals surface area contributed by atoms with Crippen molar-refractivity contribution >= 4 is 38.1 Å². The molecule has 1 heterocycles. The molecule has 1 N–H and O–H groups in total. The summed E-state index contributed by atoms with van der Waals surface area (Å²) in [5.41, 5.74) is 1.37. The lowest BCUT2D eigenvalue weighted by Gasteiger charge is -2.05. The number of sulfone groups is 1. The van der Waals surface area contributed by atoms with E-state index in [0.717, 1.165) is 11.3 Å². The second kappa shape index (κ2) is 10.2. The van der Waals surface area contributed by atoms with Crippen LogP contribution >= 0.6 is 11.3 Å². The van der Waals surface area contributed by atoms with Crippen LogP contribution in [0, 0.1) is 18.3 Å². The van der Waals surface area contributed by atoms with E-state index in [-0.39, 0.29) is 46.4 Å². The number of ether oxygens (including phenoxy) is 1. The van der Waals surface area contributed by atoms with Crippen LogP contribution in [-0.2, 0) is 25.1 Å². The number of anilines is 1. The molecule has 0 fully saturated rings. The molecular formula is C20H22N2O5S2. The van der Waals surface area contributed by atoms with Crippen LogP contribution in [0.5, 0.6) is 0 Å². The van der Waals surface area contributed by atoms with Crippen molar-refractivity contribution in [2.75, 3.05) is 17.7 Å². The number of carbonyl (C=O) groups is 2. The second-order valence-electron chi connectivity index (χ2n) is 6.32. The van der Waals surface area contributed by atoms with Crippen molar-refractivity contribution in [2.45, 2.75) is 32.4 Å². The van der Waals surface area contributed by atoms with Gasteiger partial charge in [-0.15, -0.1) is 11.3 Å². The van der Waals surface area contributed by atoms with Gasteiger partial charge < -0.3 is 10.1 Å². The van der Waals surface area contributed by atoms with E-state index in [1.165, 1.54) is 0 Å². The average Bonchev–Trinajstić information content (AvgIpc) is 2.97. The summed E-state index contributed by atoms with van der Waals surface area (Å²) in [7, 11) is -3.33. The highest BCUT2D eigenvalue weighted by Crippen LogP contribution is 2.33. The fourth-order valence-corrected chi connectivity index (χ4v) is 5.17. The average molecular weight is 435 g/mol. The normalized spacial score (nSPS) is 10.9. The number of carbonyl (C=O) groups excluding carboxylic acids is 2. The number of nitrogens with one attached hydrogen (secondary N) is 1. The first-order chi connectivity index (χ1) is 13.8. The summed E-state index contributed by atoms with van der Waals surface area (Å²) >= 11 is 0.981. The Morgan fingerprint density at radius 1 is 1.24 bits per heavy atom. The van der Waals surface area contributed by atoms with Gasteiger partial charge in [0.15, 0.2) is 9.84 Å². The number of nitriles is 1. The molecule has 1 aromatic heterocycles. The summed E-state index contributed by atoms with van der Waals surface area (Å²) < 4.78 is 29.4. The number of thiophene rings is 1. The Hall–Kier alpha value is -2.70. The number of amides is 1. The van der Waals surface area contributed by atoms with E-state index < -0.39 is 21.7 Å². The van der Waals surface area contributed by atoms with Gasteiger partial charge in [-0.1, -0.05) is 30.3 Å². The summed E-state index contributed by atoms with van der Waals surface area (Å²) in [5, 5.41) is 12.2. The second-order valence-corrected chi connectivity index (χ2v) is 9.53. The molecule has 0 unspecified atom stereocenters. The number of esters is 1. The summed E-state index contributed by atoms with van der Waals surface area (Å²) in [6, 6.07) is 10.8. The molecule has 0 saturated carbocycles. The molecule has 1 amide bonds. The van der Waals surface area contributed by atoms with E-state index in [1.54, 1.807) is 38.1 Å². The molecule has 7 nitrogen and oxygen atoms in total. The summed E-state index contributed by atoms with van der Waals surface area (Å²) in [6.45, 7) is 3.50. The minimum Gasteiger partial charge on any atom is -0.462 e. The number of benzene rings is 1. The lowest BCUT2D eigenvalue weighted by molar-refractivity contribution is -0.116. The smallest absolute Gasteiger partial charge is 0.348 e. The molecule has 2 rings (SSSR count). The lowest BCUT2D eigenvalue weighted by Crippen LogP contribution is -2.15. The van der Waals surface area contributed by atoms with Gasteiger partial charge >= 0.3 is 5.97 Å². The Bertz CT molecular complexity index is 1020. The molecule has 0 bridgehead atoms. The van der Waals surface area contributed by atoms with Gasteiger partial charge in [0.05, 0.1) is 23.7 Å². The van der Waals surface area contributed by atoms with E-state index >= 15 is 0 Å². The minimum atomic E-state index is -3.33. The van der Waals surface area contributed by atoms with E-state index in [9.17, 15) is 23.3 Å². The van der Waals surface area contributed by atoms with Crippen molar-refractivity contribution in [3.8, 4) is 6.07 Å². The highest BCUT2D eigenvalue weighted by molar-refractivity contribution is 7.90. The molecule has 29 heavy (non-hydrogen) atoms. The maximum absolute atomic E-state index is 12.2. The third kappa shape index (κ3) is 6.41. The molecule has 154 valence electrons. The molecule has 2 aromatic rings. The largest absolute Gasteiger partial charge is 0.462 e. The number of nitrogens with zero attached hydrogens (tertiary/aromatic N) is 1. The van der Waals surface area contributed by atoms with Crippen molar-refractivity contribution in [3.05, 3.63) is 51.9 Å². The Morgan fingerprint density at radius 2 is 1.93 bits per heavy atom.